The lowest BCUT2D eigenvalue weighted by Gasteiger charge is -2.45. The molecule has 0 spiro atoms. The summed E-state index contributed by atoms with van der Waals surface area (Å²) in [6.45, 7) is 2.09. The van der Waals surface area contributed by atoms with Crippen LogP contribution in [0, 0.1) is 18.3 Å². The lowest BCUT2D eigenvalue weighted by atomic mass is 9.33. The van der Waals surface area contributed by atoms with E-state index in [-0.39, 0.29) is 6.71 Å². The van der Waals surface area contributed by atoms with Crippen molar-refractivity contribution in [3.63, 3.8) is 0 Å². The van der Waals surface area contributed by atoms with Crippen LogP contribution in [0.25, 0.3) is 72.0 Å². The Labute approximate surface area is 425 Å². The predicted molar refractivity (Wildman–Crippen MR) is 306 cm³/mol. The van der Waals surface area contributed by atoms with Crippen molar-refractivity contribution < 1.29 is 0 Å². The highest BCUT2D eigenvalue weighted by Crippen LogP contribution is 2.50. The Morgan fingerprint density at radius 1 is 0.356 bits per heavy atom. The third kappa shape index (κ3) is 6.84. The van der Waals surface area contributed by atoms with Gasteiger partial charge in [0.05, 0.1) is 34.0 Å². The van der Waals surface area contributed by atoms with Crippen molar-refractivity contribution in [2.24, 2.45) is 0 Å². The molecule has 0 saturated heterocycles. The van der Waals surface area contributed by atoms with E-state index in [9.17, 15) is 5.26 Å². The number of rotatable bonds is 7. The number of nitrogens with zero attached hydrogens (tertiary/aromatic N) is 4. The van der Waals surface area contributed by atoms with Crippen molar-refractivity contribution in [1.29, 1.82) is 5.26 Å². The topological polar surface area (TPSA) is 35.2 Å². The molecular formula is C68H45BN4. The molecule has 12 aromatic rings. The van der Waals surface area contributed by atoms with Crippen molar-refractivity contribution in [1.82, 2.24) is 4.57 Å². The van der Waals surface area contributed by atoms with Gasteiger partial charge in [-0.05, 0) is 129 Å². The Balaban J connectivity index is 1.11. The van der Waals surface area contributed by atoms with Crippen LogP contribution in [0.15, 0.2) is 255 Å². The SMILES string of the molecule is Cc1cc2c3c(c1)N(c1cc(-c4ccccc4)ccc1-c1ccccc1)c1cc(-n4c5ccccc5c5ccccc54)ccc1B3c1cc(-c3ccccc3)ccc1N2c1ccc(C#N)cc1-c1ccccc1. The highest BCUT2D eigenvalue weighted by atomic mass is 15.2. The fraction of sp³-hybridized carbons (Fsp3) is 0.0147. The summed E-state index contributed by atoms with van der Waals surface area (Å²) in [6, 6.07) is 95.0. The van der Waals surface area contributed by atoms with E-state index in [1.165, 1.54) is 43.8 Å². The predicted octanol–water partition coefficient (Wildman–Crippen LogP) is 15.7. The van der Waals surface area contributed by atoms with Crippen molar-refractivity contribution in [3.05, 3.63) is 266 Å². The number of fused-ring (bicyclic) bond motifs is 7. The van der Waals surface area contributed by atoms with Gasteiger partial charge in [-0.1, -0.05) is 188 Å². The molecule has 0 N–H and O–H groups in total. The molecular weight excluding hydrogens is 884 g/mol. The Morgan fingerprint density at radius 3 is 1.49 bits per heavy atom. The van der Waals surface area contributed by atoms with Gasteiger partial charge in [-0.3, -0.25) is 0 Å². The summed E-state index contributed by atoms with van der Waals surface area (Å²) in [5.41, 5.74) is 24.4. The summed E-state index contributed by atoms with van der Waals surface area (Å²) in [7, 11) is 0. The van der Waals surface area contributed by atoms with Gasteiger partial charge < -0.3 is 14.4 Å². The van der Waals surface area contributed by atoms with Crippen molar-refractivity contribution in [2.75, 3.05) is 9.80 Å². The van der Waals surface area contributed by atoms with Crippen LogP contribution in [0.3, 0.4) is 0 Å². The lowest BCUT2D eigenvalue weighted by Crippen LogP contribution is -2.61. The highest BCUT2D eigenvalue weighted by Gasteiger charge is 2.44. The molecule has 3 heterocycles. The molecule has 2 aliphatic heterocycles. The number of aryl methyl sites for hydroxylation is 1. The van der Waals surface area contributed by atoms with E-state index >= 15 is 0 Å². The Morgan fingerprint density at radius 2 is 0.877 bits per heavy atom. The van der Waals surface area contributed by atoms with Crippen LogP contribution in [-0.4, -0.2) is 11.3 Å². The van der Waals surface area contributed by atoms with Crippen molar-refractivity contribution >= 4 is 79.0 Å². The van der Waals surface area contributed by atoms with Crippen molar-refractivity contribution in [2.45, 2.75) is 6.92 Å². The first-order chi connectivity index (χ1) is 36.1. The minimum Gasteiger partial charge on any atom is -0.311 e. The molecule has 4 nitrogen and oxygen atoms in total. The van der Waals surface area contributed by atoms with Gasteiger partial charge >= 0.3 is 0 Å². The van der Waals surface area contributed by atoms with Gasteiger partial charge in [0.2, 0.25) is 0 Å². The van der Waals surface area contributed by atoms with Gasteiger partial charge in [0, 0.05) is 50.3 Å². The number of aromatic nitrogens is 1. The van der Waals surface area contributed by atoms with E-state index in [2.05, 4.69) is 276 Å². The highest BCUT2D eigenvalue weighted by molar-refractivity contribution is 7.00. The number of benzene rings is 11. The lowest BCUT2D eigenvalue weighted by molar-refractivity contribution is 1.17. The summed E-state index contributed by atoms with van der Waals surface area (Å²) in [5.74, 6) is 0. The summed E-state index contributed by atoms with van der Waals surface area (Å²) < 4.78 is 2.44. The quantitative estimate of drug-likeness (QED) is 0.149. The molecule has 0 amide bonds. The largest absolute Gasteiger partial charge is 0.311 e. The maximum atomic E-state index is 10.4. The number of hydrogen-bond acceptors (Lipinski definition) is 3. The summed E-state index contributed by atoms with van der Waals surface area (Å²) in [5, 5.41) is 12.8. The van der Waals surface area contributed by atoms with Crippen LogP contribution in [0.1, 0.15) is 11.1 Å². The standard InChI is InChI=1S/C68H45BN4/c1-45-38-66-68-67(39-45)73(64-42-52(48-20-8-3-9-21-48)31-34-54(64)49-22-10-4-11-23-49)65-43-53(71-60-28-16-14-26-55(60)56-27-15-17-29-61(56)71)33-35-58(65)69(68)59-41-51(47-18-6-2-7-19-47)32-37-63(59)72(66)62-36-30-46(44-70)40-57(62)50-24-12-5-13-25-50/h2-43H,1H3. The second-order valence-corrected chi connectivity index (χ2v) is 19.2. The molecule has 5 heteroatoms. The normalized spacial score (nSPS) is 12.4. The monoisotopic (exact) mass is 928 g/mol. The van der Waals surface area contributed by atoms with Gasteiger partial charge in [0.1, 0.15) is 0 Å². The third-order valence-electron chi connectivity index (χ3n) is 15.0. The van der Waals surface area contributed by atoms with Crippen LogP contribution >= 0.6 is 0 Å². The summed E-state index contributed by atoms with van der Waals surface area (Å²) >= 11 is 0. The van der Waals surface area contributed by atoms with Crippen LogP contribution in [-0.2, 0) is 0 Å². The zero-order valence-electron chi connectivity index (χ0n) is 40.1. The minimum absolute atomic E-state index is 0.144. The fourth-order valence-electron chi connectivity index (χ4n) is 11.8. The van der Waals surface area contributed by atoms with E-state index in [1.54, 1.807) is 0 Å². The number of para-hydroxylation sites is 2. The molecule has 0 saturated carbocycles. The number of anilines is 6. The Hall–Kier alpha value is -9.63. The van der Waals surface area contributed by atoms with E-state index in [4.69, 9.17) is 0 Å². The molecule has 0 atom stereocenters. The van der Waals surface area contributed by atoms with Crippen LogP contribution in [0.4, 0.5) is 34.1 Å². The smallest absolute Gasteiger partial charge is 0.252 e. The first-order valence-electron chi connectivity index (χ1n) is 25.0. The Bertz CT molecular complexity index is 4120. The maximum absolute atomic E-state index is 10.4. The molecule has 0 aliphatic carbocycles. The third-order valence-corrected chi connectivity index (χ3v) is 15.0. The van der Waals surface area contributed by atoms with E-state index in [1.807, 2.05) is 6.07 Å². The summed E-state index contributed by atoms with van der Waals surface area (Å²) in [6.07, 6.45) is 0. The first-order valence-corrected chi connectivity index (χ1v) is 25.0. The molecule has 1 aromatic heterocycles. The van der Waals surface area contributed by atoms with Crippen LogP contribution < -0.4 is 26.2 Å². The van der Waals surface area contributed by atoms with Crippen LogP contribution in [0.2, 0.25) is 0 Å². The molecule has 0 fully saturated rings. The number of hydrogen-bond donors (Lipinski definition) is 0. The van der Waals surface area contributed by atoms with E-state index in [0.717, 1.165) is 84.3 Å². The van der Waals surface area contributed by atoms with Gasteiger partial charge in [0.25, 0.3) is 6.71 Å². The fourth-order valence-corrected chi connectivity index (χ4v) is 11.8. The first kappa shape index (κ1) is 42.3. The molecule has 11 aromatic carbocycles. The van der Waals surface area contributed by atoms with E-state index in [0.29, 0.717) is 5.56 Å². The van der Waals surface area contributed by atoms with Crippen LogP contribution in [0.5, 0.6) is 0 Å². The zero-order chi connectivity index (χ0) is 48.6. The second-order valence-electron chi connectivity index (χ2n) is 19.2. The molecule has 0 radical (unpaired) electrons. The molecule has 340 valence electrons. The average molecular weight is 929 g/mol. The molecule has 2 aliphatic rings. The second kappa shape index (κ2) is 17.1. The zero-order valence-corrected chi connectivity index (χ0v) is 40.1. The van der Waals surface area contributed by atoms with Gasteiger partial charge in [-0.2, -0.15) is 5.26 Å². The number of nitriles is 1. The van der Waals surface area contributed by atoms with E-state index < -0.39 is 0 Å². The van der Waals surface area contributed by atoms with Gasteiger partial charge in [0.15, 0.2) is 0 Å². The molecule has 0 unspecified atom stereocenters. The van der Waals surface area contributed by atoms with Gasteiger partial charge in [-0.25, -0.2) is 0 Å². The van der Waals surface area contributed by atoms with Gasteiger partial charge in [-0.15, -0.1) is 0 Å². The molecule has 0 bridgehead atoms. The Kier molecular flexibility index (Phi) is 9.88. The van der Waals surface area contributed by atoms with Crippen molar-refractivity contribution in [3.8, 4) is 56.3 Å². The molecule has 73 heavy (non-hydrogen) atoms. The summed E-state index contributed by atoms with van der Waals surface area (Å²) in [4.78, 5) is 5.05. The minimum atomic E-state index is -0.144. The maximum Gasteiger partial charge on any atom is 0.252 e. The average Bonchev–Trinajstić information content (AvgIpc) is 3.80. The molecule has 14 rings (SSSR count).